The maximum Gasteiger partial charge on any atom is 0.138 e. The molecule has 1 aromatic heterocycles. The van der Waals surface area contributed by atoms with Gasteiger partial charge in [0.25, 0.3) is 0 Å². The Bertz CT molecular complexity index is 846. The number of furan rings is 1. The second-order valence-corrected chi connectivity index (χ2v) is 5.21. The van der Waals surface area contributed by atoms with Gasteiger partial charge in [-0.15, -0.1) is 0 Å². The van der Waals surface area contributed by atoms with E-state index in [1.165, 1.54) is 0 Å². The van der Waals surface area contributed by atoms with Crippen LogP contribution in [0.3, 0.4) is 0 Å². The number of benzene rings is 2. The normalized spacial score (nSPS) is 10.9. The quantitative estimate of drug-likeness (QED) is 0.776. The molecule has 1 N–H and O–H groups in total. The van der Waals surface area contributed by atoms with Crippen molar-refractivity contribution in [2.75, 3.05) is 14.2 Å². The zero-order valence-corrected chi connectivity index (χ0v) is 13.1. The van der Waals surface area contributed by atoms with Gasteiger partial charge in [-0.25, -0.2) is 0 Å². The van der Waals surface area contributed by atoms with Crippen molar-refractivity contribution in [2.24, 2.45) is 0 Å². The van der Waals surface area contributed by atoms with Crippen molar-refractivity contribution in [1.29, 1.82) is 0 Å². The summed E-state index contributed by atoms with van der Waals surface area (Å²) in [4.78, 5) is 0. The predicted molar refractivity (Wildman–Crippen MR) is 85.9 cm³/mol. The summed E-state index contributed by atoms with van der Waals surface area (Å²) in [6, 6.07) is 9.00. The number of hydrogen-bond donors (Lipinski definition) is 1. The van der Waals surface area contributed by atoms with Gasteiger partial charge in [0.15, 0.2) is 0 Å². The lowest BCUT2D eigenvalue weighted by Gasteiger charge is -2.15. The fourth-order valence-corrected chi connectivity index (χ4v) is 2.82. The van der Waals surface area contributed by atoms with E-state index < -0.39 is 0 Å². The van der Waals surface area contributed by atoms with Crippen LogP contribution in [0.25, 0.3) is 22.3 Å². The lowest BCUT2D eigenvalue weighted by molar-refractivity contribution is 0.387. The van der Waals surface area contributed by atoms with Crippen LogP contribution in [0.5, 0.6) is 17.2 Å². The molecule has 0 aliphatic rings. The highest BCUT2D eigenvalue weighted by atomic mass is 16.5. The first-order valence-corrected chi connectivity index (χ1v) is 7.01. The van der Waals surface area contributed by atoms with Crippen LogP contribution in [-0.4, -0.2) is 19.3 Å². The van der Waals surface area contributed by atoms with E-state index in [4.69, 9.17) is 13.9 Å². The largest absolute Gasteiger partial charge is 0.507 e. The summed E-state index contributed by atoms with van der Waals surface area (Å²) in [5.74, 6) is 2.39. The van der Waals surface area contributed by atoms with Crippen LogP contribution in [0.2, 0.25) is 0 Å². The first kappa shape index (κ1) is 14.3. The smallest absolute Gasteiger partial charge is 0.138 e. The topological polar surface area (TPSA) is 51.8 Å². The summed E-state index contributed by atoms with van der Waals surface area (Å²) < 4.78 is 16.8. The first-order chi connectivity index (χ1) is 10.6. The molecule has 0 aliphatic heterocycles. The number of aromatic hydroxyl groups is 1. The Labute approximate surface area is 128 Å². The summed E-state index contributed by atoms with van der Waals surface area (Å²) in [7, 11) is 3.27. The second kappa shape index (κ2) is 5.30. The molecule has 0 saturated carbocycles. The maximum absolute atomic E-state index is 9.94. The highest BCUT2D eigenvalue weighted by Gasteiger charge is 2.18. The van der Waals surface area contributed by atoms with Gasteiger partial charge in [0.2, 0.25) is 0 Å². The van der Waals surface area contributed by atoms with Crippen molar-refractivity contribution in [3.05, 3.63) is 41.5 Å². The summed E-state index contributed by atoms with van der Waals surface area (Å²) in [5.41, 5.74) is 3.45. The minimum Gasteiger partial charge on any atom is -0.507 e. The zero-order chi connectivity index (χ0) is 15.9. The highest BCUT2D eigenvalue weighted by Crippen LogP contribution is 2.41. The van der Waals surface area contributed by atoms with E-state index in [1.807, 2.05) is 32.0 Å². The number of methoxy groups -OCH3 is 2. The molecule has 3 aromatic rings. The molecule has 114 valence electrons. The van der Waals surface area contributed by atoms with Crippen LogP contribution in [0.1, 0.15) is 11.1 Å². The molecule has 0 spiro atoms. The van der Waals surface area contributed by atoms with E-state index in [0.717, 1.165) is 28.2 Å². The molecule has 4 nitrogen and oxygen atoms in total. The SMILES string of the molecule is COc1cc(-c2cc3c(O)cccc3o2)c(C)c(OC)c1C. The molecule has 0 fully saturated rings. The molecule has 0 amide bonds. The molecule has 4 heteroatoms. The zero-order valence-electron chi connectivity index (χ0n) is 13.1. The predicted octanol–water partition coefficient (Wildman–Crippen LogP) is 4.44. The number of phenols is 1. The monoisotopic (exact) mass is 298 g/mol. The summed E-state index contributed by atoms with van der Waals surface area (Å²) in [5, 5.41) is 10.6. The fourth-order valence-electron chi connectivity index (χ4n) is 2.82. The molecular weight excluding hydrogens is 280 g/mol. The summed E-state index contributed by atoms with van der Waals surface area (Å²) in [6.45, 7) is 3.94. The second-order valence-electron chi connectivity index (χ2n) is 5.21. The van der Waals surface area contributed by atoms with Crippen molar-refractivity contribution in [3.8, 4) is 28.6 Å². The van der Waals surface area contributed by atoms with Crippen molar-refractivity contribution in [1.82, 2.24) is 0 Å². The highest BCUT2D eigenvalue weighted by molar-refractivity contribution is 5.89. The third kappa shape index (κ3) is 2.08. The van der Waals surface area contributed by atoms with Gasteiger partial charge in [-0.05, 0) is 38.1 Å². The van der Waals surface area contributed by atoms with E-state index in [-0.39, 0.29) is 5.75 Å². The molecule has 0 aliphatic carbocycles. The molecule has 22 heavy (non-hydrogen) atoms. The lowest BCUT2D eigenvalue weighted by Crippen LogP contribution is -1.97. The molecule has 0 saturated heterocycles. The van der Waals surface area contributed by atoms with Crippen LogP contribution >= 0.6 is 0 Å². The van der Waals surface area contributed by atoms with E-state index >= 15 is 0 Å². The van der Waals surface area contributed by atoms with Crippen molar-refractivity contribution in [2.45, 2.75) is 13.8 Å². The Morgan fingerprint density at radius 1 is 1.00 bits per heavy atom. The molecule has 0 atom stereocenters. The Morgan fingerprint density at radius 2 is 1.77 bits per heavy atom. The van der Waals surface area contributed by atoms with Gasteiger partial charge < -0.3 is 19.0 Å². The Balaban J connectivity index is 2.28. The average Bonchev–Trinajstić information content (AvgIpc) is 2.93. The van der Waals surface area contributed by atoms with Gasteiger partial charge in [-0.3, -0.25) is 0 Å². The first-order valence-electron chi connectivity index (χ1n) is 7.01. The Hall–Kier alpha value is -2.62. The van der Waals surface area contributed by atoms with Gasteiger partial charge in [-0.1, -0.05) is 6.07 Å². The Kier molecular flexibility index (Phi) is 3.45. The average molecular weight is 298 g/mol. The molecule has 0 radical (unpaired) electrons. The molecule has 0 unspecified atom stereocenters. The maximum atomic E-state index is 9.94. The fraction of sp³-hybridized carbons (Fsp3) is 0.222. The van der Waals surface area contributed by atoms with E-state index in [0.29, 0.717) is 16.7 Å². The van der Waals surface area contributed by atoms with Crippen LogP contribution in [-0.2, 0) is 0 Å². The molecule has 0 bridgehead atoms. The lowest BCUT2D eigenvalue weighted by atomic mass is 10.0. The van der Waals surface area contributed by atoms with Crippen LogP contribution < -0.4 is 9.47 Å². The molecule has 3 rings (SSSR count). The Morgan fingerprint density at radius 3 is 2.41 bits per heavy atom. The number of ether oxygens (including phenoxy) is 2. The van der Waals surface area contributed by atoms with Gasteiger partial charge in [0, 0.05) is 16.7 Å². The molecule has 1 heterocycles. The molecule has 2 aromatic carbocycles. The number of phenolic OH excluding ortho intramolecular Hbond substituents is 1. The van der Waals surface area contributed by atoms with Gasteiger partial charge >= 0.3 is 0 Å². The van der Waals surface area contributed by atoms with Gasteiger partial charge in [0.1, 0.15) is 28.6 Å². The third-order valence-electron chi connectivity index (χ3n) is 3.96. The minimum atomic E-state index is 0.205. The standard InChI is InChI=1S/C18H18O4/c1-10-12(8-16(20-3)11(2)18(10)21-4)17-9-13-14(19)6-5-7-15(13)22-17/h5-9,19H,1-4H3. The van der Waals surface area contributed by atoms with Crippen molar-refractivity contribution < 1.29 is 19.0 Å². The van der Waals surface area contributed by atoms with Crippen LogP contribution in [0, 0.1) is 13.8 Å². The van der Waals surface area contributed by atoms with Gasteiger partial charge in [-0.2, -0.15) is 0 Å². The number of fused-ring (bicyclic) bond motifs is 1. The third-order valence-corrected chi connectivity index (χ3v) is 3.96. The molecular formula is C18H18O4. The van der Waals surface area contributed by atoms with Crippen LogP contribution in [0.15, 0.2) is 34.7 Å². The van der Waals surface area contributed by atoms with Gasteiger partial charge in [0.05, 0.1) is 19.6 Å². The number of hydrogen-bond acceptors (Lipinski definition) is 4. The van der Waals surface area contributed by atoms with E-state index in [9.17, 15) is 5.11 Å². The minimum absolute atomic E-state index is 0.205. The van der Waals surface area contributed by atoms with Crippen molar-refractivity contribution >= 4 is 11.0 Å². The summed E-state index contributed by atoms with van der Waals surface area (Å²) in [6.07, 6.45) is 0. The van der Waals surface area contributed by atoms with E-state index in [2.05, 4.69) is 0 Å². The van der Waals surface area contributed by atoms with Crippen LogP contribution in [0.4, 0.5) is 0 Å². The van der Waals surface area contributed by atoms with Crippen molar-refractivity contribution in [3.63, 3.8) is 0 Å². The summed E-state index contributed by atoms with van der Waals surface area (Å²) >= 11 is 0. The van der Waals surface area contributed by atoms with E-state index in [1.54, 1.807) is 26.4 Å². The number of rotatable bonds is 3.